The topological polar surface area (TPSA) is 55.1 Å². The van der Waals surface area contributed by atoms with Gasteiger partial charge < -0.3 is 11.1 Å². The Labute approximate surface area is 129 Å². The van der Waals surface area contributed by atoms with Crippen LogP contribution in [-0.4, -0.2) is 18.0 Å². The summed E-state index contributed by atoms with van der Waals surface area (Å²) in [5, 5.41) is 3.03. The SMILES string of the molecule is CC(C)C(C)(CN)NC(=O)Cc1ccccc1Br.Cl. The lowest BCUT2D eigenvalue weighted by atomic mass is 9.88. The van der Waals surface area contributed by atoms with Gasteiger partial charge in [0.15, 0.2) is 0 Å². The molecule has 0 saturated carbocycles. The second kappa shape index (κ2) is 7.88. The van der Waals surface area contributed by atoms with Crippen LogP contribution < -0.4 is 11.1 Å². The summed E-state index contributed by atoms with van der Waals surface area (Å²) in [6.07, 6.45) is 0.365. The summed E-state index contributed by atoms with van der Waals surface area (Å²) >= 11 is 3.45. The van der Waals surface area contributed by atoms with Crippen LogP contribution in [0, 0.1) is 5.92 Å². The molecule has 19 heavy (non-hydrogen) atoms. The van der Waals surface area contributed by atoms with Crippen molar-refractivity contribution < 1.29 is 4.79 Å². The average molecular weight is 350 g/mol. The van der Waals surface area contributed by atoms with Gasteiger partial charge in [-0.25, -0.2) is 0 Å². The maximum atomic E-state index is 12.1. The van der Waals surface area contributed by atoms with Crippen LogP contribution in [0.5, 0.6) is 0 Å². The van der Waals surface area contributed by atoms with Gasteiger partial charge in [-0.15, -0.1) is 12.4 Å². The van der Waals surface area contributed by atoms with Crippen LogP contribution in [0.2, 0.25) is 0 Å². The third-order valence-electron chi connectivity index (χ3n) is 3.43. The lowest BCUT2D eigenvalue weighted by Gasteiger charge is -2.33. The van der Waals surface area contributed by atoms with E-state index >= 15 is 0 Å². The summed E-state index contributed by atoms with van der Waals surface area (Å²) in [5.74, 6) is 0.300. The zero-order chi connectivity index (χ0) is 13.8. The van der Waals surface area contributed by atoms with Crippen molar-refractivity contribution in [3.63, 3.8) is 0 Å². The fourth-order valence-corrected chi connectivity index (χ4v) is 2.03. The fourth-order valence-electron chi connectivity index (χ4n) is 1.61. The van der Waals surface area contributed by atoms with Crippen molar-refractivity contribution in [1.82, 2.24) is 5.32 Å². The molecular weight excluding hydrogens is 328 g/mol. The molecule has 0 spiro atoms. The lowest BCUT2D eigenvalue weighted by molar-refractivity contribution is -0.122. The Morgan fingerprint density at radius 3 is 2.47 bits per heavy atom. The molecule has 0 aromatic heterocycles. The first-order valence-corrected chi connectivity index (χ1v) is 6.93. The third kappa shape index (κ3) is 5.13. The van der Waals surface area contributed by atoms with Gasteiger partial charge in [-0.3, -0.25) is 4.79 Å². The molecule has 1 unspecified atom stereocenters. The fraction of sp³-hybridized carbons (Fsp3) is 0.500. The van der Waals surface area contributed by atoms with Crippen LogP contribution >= 0.6 is 28.3 Å². The van der Waals surface area contributed by atoms with Gasteiger partial charge in [0.25, 0.3) is 0 Å². The van der Waals surface area contributed by atoms with Crippen molar-refractivity contribution in [1.29, 1.82) is 0 Å². The normalized spacial score (nSPS) is 13.6. The van der Waals surface area contributed by atoms with E-state index in [4.69, 9.17) is 5.73 Å². The molecule has 3 nitrogen and oxygen atoms in total. The monoisotopic (exact) mass is 348 g/mol. The van der Waals surface area contributed by atoms with Gasteiger partial charge in [-0.1, -0.05) is 48.0 Å². The summed E-state index contributed by atoms with van der Waals surface area (Å²) in [7, 11) is 0. The Morgan fingerprint density at radius 2 is 2.00 bits per heavy atom. The minimum Gasteiger partial charge on any atom is -0.349 e. The van der Waals surface area contributed by atoms with Gasteiger partial charge in [0.05, 0.1) is 12.0 Å². The van der Waals surface area contributed by atoms with Gasteiger partial charge in [0, 0.05) is 11.0 Å². The first kappa shape index (κ1) is 18.4. The molecule has 1 aromatic carbocycles. The molecule has 1 rings (SSSR count). The molecule has 0 aliphatic rings. The molecule has 3 N–H and O–H groups in total. The zero-order valence-corrected chi connectivity index (χ0v) is 14.0. The van der Waals surface area contributed by atoms with Gasteiger partial charge in [-0.05, 0) is 24.5 Å². The highest BCUT2D eigenvalue weighted by molar-refractivity contribution is 9.10. The number of amides is 1. The number of nitrogens with one attached hydrogen (secondary N) is 1. The van der Waals surface area contributed by atoms with Crippen LogP contribution in [0.25, 0.3) is 0 Å². The number of benzene rings is 1. The molecule has 1 amide bonds. The Morgan fingerprint density at radius 1 is 1.42 bits per heavy atom. The molecule has 5 heteroatoms. The average Bonchev–Trinajstić information content (AvgIpc) is 2.31. The molecule has 1 aromatic rings. The predicted octanol–water partition coefficient (Wildman–Crippen LogP) is 2.90. The number of nitrogens with two attached hydrogens (primary N) is 1. The predicted molar refractivity (Wildman–Crippen MR) is 85.5 cm³/mol. The molecule has 0 aliphatic heterocycles. The van der Waals surface area contributed by atoms with E-state index < -0.39 is 0 Å². The van der Waals surface area contributed by atoms with Crippen LogP contribution in [-0.2, 0) is 11.2 Å². The van der Waals surface area contributed by atoms with Crippen molar-refractivity contribution >= 4 is 34.2 Å². The van der Waals surface area contributed by atoms with E-state index in [1.807, 2.05) is 31.2 Å². The first-order valence-electron chi connectivity index (χ1n) is 6.13. The van der Waals surface area contributed by atoms with E-state index in [0.29, 0.717) is 18.9 Å². The third-order valence-corrected chi connectivity index (χ3v) is 4.21. The van der Waals surface area contributed by atoms with Crippen molar-refractivity contribution in [3.05, 3.63) is 34.3 Å². The number of hydrogen-bond acceptors (Lipinski definition) is 2. The molecule has 0 saturated heterocycles. The van der Waals surface area contributed by atoms with E-state index in [0.717, 1.165) is 10.0 Å². The Balaban J connectivity index is 0.00000324. The van der Waals surface area contributed by atoms with E-state index in [-0.39, 0.29) is 23.9 Å². The molecule has 0 aliphatic carbocycles. The summed E-state index contributed by atoms with van der Waals surface area (Å²) in [4.78, 5) is 12.1. The van der Waals surface area contributed by atoms with Crippen LogP contribution in [0.15, 0.2) is 28.7 Å². The minimum atomic E-state index is -0.349. The maximum absolute atomic E-state index is 12.1. The van der Waals surface area contributed by atoms with Crippen LogP contribution in [0.1, 0.15) is 26.3 Å². The molecular formula is C14H22BrClN2O. The van der Waals surface area contributed by atoms with E-state index in [2.05, 4.69) is 35.1 Å². The van der Waals surface area contributed by atoms with E-state index in [1.165, 1.54) is 0 Å². The maximum Gasteiger partial charge on any atom is 0.224 e. The second-order valence-electron chi connectivity index (χ2n) is 5.09. The highest BCUT2D eigenvalue weighted by atomic mass is 79.9. The molecule has 108 valence electrons. The Kier molecular flexibility index (Phi) is 7.64. The molecule has 0 fully saturated rings. The summed E-state index contributed by atoms with van der Waals surface area (Å²) < 4.78 is 0.958. The number of halogens is 2. The Bertz CT molecular complexity index is 426. The van der Waals surface area contributed by atoms with Crippen molar-refractivity contribution in [2.45, 2.75) is 32.7 Å². The van der Waals surface area contributed by atoms with Crippen molar-refractivity contribution in [3.8, 4) is 0 Å². The smallest absolute Gasteiger partial charge is 0.224 e. The molecule has 1 atom stereocenters. The van der Waals surface area contributed by atoms with Crippen LogP contribution in [0.3, 0.4) is 0 Å². The zero-order valence-electron chi connectivity index (χ0n) is 11.6. The minimum absolute atomic E-state index is 0. The van der Waals surface area contributed by atoms with Gasteiger partial charge in [-0.2, -0.15) is 0 Å². The number of hydrogen-bond donors (Lipinski definition) is 2. The van der Waals surface area contributed by atoms with Gasteiger partial charge in [0.2, 0.25) is 5.91 Å². The van der Waals surface area contributed by atoms with E-state index in [1.54, 1.807) is 0 Å². The van der Waals surface area contributed by atoms with Gasteiger partial charge in [0.1, 0.15) is 0 Å². The Hall–Kier alpha value is -0.580. The lowest BCUT2D eigenvalue weighted by Crippen LogP contribution is -2.55. The quantitative estimate of drug-likeness (QED) is 0.859. The highest BCUT2D eigenvalue weighted by Gasteiger charge is 2.28. The second-order valence-corrected chi connectivity index (χ2v) is 5.95. The largest absolute Gasteiger partial charge is 0.349 e. The first-order chi connectivity index (χ1) is 8.39. The standard InChI is InChI=1S/C14H21BrN2O.ClH/c1-10(2)14(3,9-16)17-13(18)8-11-6-4-5-7-12(11)15;/h4-7,10H,8-9,16H2,1-3H3,(H,17,18);1H. The molecule has 0 bridgehead atoms. The number of rotatable bonds is 5. The molecule has 0 radical (unpaired) electrons. The van der Waals surface area contributed by atoms with Crippen molar-refractivity contribution in [2.24, 2.45) is 11.7 Å². The van der Waals surface area contributed by atoms with E-state index in [9.17, 15) is 4.79 Å². The number of carbonyl (C=O) groups is 1. The highest BCUT2D eigenvalue weighted by Crippen LogP contribution is 2.18. The summed E-state index contributed by atoms with van der Waals surface area (Å²) in [6.45, 7) is 6.54. The number of carbonyl (C=O) groups excluding carboxylic acids is 1. The van der Waals surface area contributed by atoms with Gasteiger partial charge >= 0.3 is 0 Å². The summed E-state index contributed by atoms with van der Waals surface area (Å²) in [6, 6.07) is 7.74. The van der Waals surface area contributed by atoms with Crippen LogP contribution in [0.4, 0.5) is 0 Å². The van der Waals surface area contributed by atoms with Crippen molar-refractivity contribution in [2.75, 3.05) is 6.54 Å². The summed E-state index contributed by atoms with van der Waals surface area (Å²) in [5.41, 5.74) is 6.39. The molecule has 0 heterocycles.